The van der Waals surface area contributed by atoms with Crippen LogP contribution in [0.5, 0.6) is 11.5 Å². The minimum Gasteiger partial charge on any atom is -0.497 e. The Morgan fingerprint density at radius 1 is 1.00 bits per heavy atom. The number of methoxy groups -OCH3 is 1. The van der Waals surface area contributed by atoms with Crippen LogP contribution in [0.15, 0.2) is 36.4 Å². The first kappa shape index (κ1) is 16.9. The van der Waals surface area contributed by atoms with Crippen molar-refractivity contribution in [2.45, 2.75) is 33.8 Å². The highest BCUT2D eigenvalue weighted by Gasteiger charge is 2.17. The number of amides is 1. The molecule has 0 aliphatic heterocycles. The summed E-state index contributed by atoms with van der Waals surface area (Å²) in [5.41, 5.74) is 4.13. The van der Waals surface area contributed by atoms with Crippen LogP contribution in [0.25, 0.3) is 0 Å². The zero-order valence-corrected chi connectivity index (χ0v) is 14.3. The number of carbonyl (C=O) groups is 1. The van der Waals surface area contributed by atoms with Crippen molar-refractivity contribution >= 4 is 11.6 Å². The summed E-state index contributed by atoms with van der Waals surface area (Å²) in [7, 11) is 1.61. The Morgan fingerprint density at radius 3 is 2.04 bits per heavy atom. The second-order valence-electron chi connectivity index (χ2n) is 5.70. The van der Waals surface area contributed by atoms with Crippen LogP contribution in [0, 0.1) is 20.8 Å². The van der Waals surface area contributed by atoms with E-state index >= 15 is 0 Å². The van der Waals surface area contributed by atoms with Gasteiger partial charge >= 0.3 is 0 Å². The van der Waals surface area contributed by atoms with Gasteiger partial charge in [0.25, 0.3) is 5.91 Å². The van der Waals surface area contributed by atoms with Gasteiger partial charge in [-0.1, -0.05) is 17.7 Å². The second-order valence-corrected chi connectivity index (χ2v) is 5.70. The van der Waals surface area contributed by atoms with Crippen molar-refractivity contribution in [3.63, 3.8) is 0 Å². The van der Waals surface area contributed by atoms with Gasteiger partial charge in [0, 0.05) is 5.69 Å². The number of aryl methyl sites for hydroxylation is 3. The van der Waals surface area contributed by atoms with Gasteiger partial charge < -0.3 is 14.8 Å². The van der Waals surface area contributed by atoms with Crippen molar-refractivity contribution in [1.29, 1.82) is 0 Å². The van der Waals surface area contributed by atoms with E-state index in [1.807, 2.05) is 20.8 Å². The van der Waals surface area contributed by atoms with E-state index in [4.69, 9.17) is 9.47 Å². The molecule has 1 amide bonds. The Bertz CT molecular complexity index is 669. The second kappa shape index (κ2) is 7.18. The monoisotopic (exact) mass is 313 g/mol. The molecule has 2 aromatic carbocycles. The Kier molecular flexibility index (Phi) is 5.27. The van der Waals surface area contributed by atoms with Gasteiger partial charge in [-0.2, -0.15) is 0 Å². The molecule has 4 nitrogen and oxygen atoms in total. The van der Waals surface area contributed by atoms with Gasteiger partial charge in [-0.25, -0.2) is 0 Å². The molecule has 0 bridgehead atoms. The minimum absolute atomic E-state index is 0.170. The van der Waals surface area contributed by atoms with Gasteiger partial charge in [0.2, 0.25) is 0 Å². The molecule has 0 aromatic heterocycles. The van der Waals surface area contributed by atoms with Crippen molar-refractivity contribution in [2.75, 3.05) is 12.4 Å². The fourth-order valence-corrected chi connectivity index (χ4v) is 2.51. The van der Waals surface area contributed by atoms with E-state index in [0.29, 0.717) is 5.75 Å². The highest BCUT2D eigenvalue weighted by Crippen LogP contribution is 2.23. The maximum Gasteiger partial charge on any atom is 0.265 e. The van der Waals surface area contributed by atoms with Gasteiger partial charge in [0.05, 0.1) is 7.11 Å². The highest BCUT2D eigenvalue weighted by atomic mass is 16.5. The van der Waals surface area contributed by atoms with E-state index < -0.39 is 6.10 Å². The zero-order valence-electron chi connectivity index (χ0n) is 14.3. The predicted molar refractivity (Wildman–Crippen MR) is 92.4 cm³/mol. The lowest BCUT2D eigenvalue weighted by molar-refractivity contribution is -0.122. The van der Waals surface area contributed by atoms with Crippen LogP contribution in [-0.2, 0) is 4.79 Å². The molecule has 0 aliphatic rings. The highest BCUT2D eigenvalue weighted by molar-refractivity contribution is 5.95. The van der Waals surface area contributed by atoms with Crippen molar-refractivity contribution < 1.29 is 14.3 Å². The first-order valence-corrected chi connectivity index (χ1v) is 7.60. The smallest absolute Gasteiger partial charge is 0.265 e. The van der Waals surface area contributed by atoms with Gasteiger partial charge in [0.15, 0.2) is 6.10 Å². The molecule has 0 saturated carbocycles. The first-order chi connectivity index (χ1) is 10.9. The molecule has 4 heteroatoms. The van der Waals surface area contributed by atoms with Crippen molar-refractivity contribution in [3.8, 4) is 11.5 Å². The lowest BCUT2D eigenvalue weighted by Gasteiger charge is -2.17. The molecule has 0 radical (unpaired) electrons. The third-order valence-electron chi connectivity index (χ3n) is 3.67. The van der Waals surface area contributed by atoms with Gasteiger partial charge in [-0.15, -0.1) is 0 Å². The summed E-state index contributed by atoms with van der Waals surface area (Å²) in [6, 6.07) is 11.3. The van der Waals surface area contributed by atoms with Crippen LogP contribution in [0.1, 0.15) is 23.6 Å². The van der Waals surface area contributed by atoms with E-state index in [1.54, 1.807) is 38.3 Å². The summed E-state index contributed by atoms with van der Waals surface area (Å²) >= 11 is 0. The molecule has 0 aliphatic carbocycles. The molecule has 1 atom stereocenters. The third kappa shape index (κ3) is 4.25. The van der Waals surface area contributed by atoms with Crippen molar-refractivity contribution in [2.24, 2.45) is 0 Å². The maximum atomic E-state index is 12.4. The number of nitrogens with one attached hydrogen (secondary N) is 1. The normalized spacial score (nSPS) is 11.7. The Hall–Kier alpha value is -2.49. The van der Waals surface area contributed by atoms with E-state index in [0.717, 1.165) is 22.6 Å². The zero-order chi connectivity index (χ0) is 17.0. The SMILES string of the molecule is COc1ccc(O[C@@H](C)C(=O)Nc2c(C)cc(C)cc2C)cc1. The number of carbonyl (C=O) groups excluding carboxylic acids is 1. The summed E-state index contributed by atoms with van der Waals surface area (Å²) in [6.07, 6.45) is -0.594. The average Bonchev–Trinajstić information content (AvgIpc) is 2.51. The summed E-state index contributed by atoms with van der Waals surface area (Å²) in [6.45, 7) is 7.76. The molecule has 0 unspecified atom stereocenters. The van der Waals surface area contributed by atoms with Crippen LogP contribution in [0.4, 0.5) is 5.69 Å². The third-order valence-corrected chi connectivity index (χ3v) is 3.67. The number of rotatable bonds is 5. The molecule has 0 fully saturated rings. The lowest BCUT2D eigenvalue weighted by Crippen LogP contribution is -2.30. The fourth-order valence-electron chi connectivity index (χ4n) is 2.51. The standard InChI is InChI=1S/C19H23NO3/c1-12-10-13(2)18(14(3)11-12)20-19(21)15(4)23-17-8-6-16(22-5)7-9-17/h6-11,15H,1-5H3,(H,20,21)/t15-/m0/s1. The Balaban J connectivity index is 2.05. The molecular weight excluding hydrogens is 290 g/mol. The summed E-state index contributed by atoms with van der Waals surface area (Å²) in [5, 5.41) is 2.96. The average molecular weight is 313 g/mol. The molecular formula is C19H23NO3. The van der Waals surface area contributed by atoms with Crippen LogP contribution in [0.3, 0.4) is 0 Å². The molecule has 2 aromatic rings. The first-order valence-electron chi connectivity index (χ1n) is 7.60. The van der Waals surface area contributed by atoms with Gasteiger partial charge in [-0.3, -0.25) is 4.79 Å². The maximum absolute atomic E-state index is 12.4. The van der Waals surface area contributed by atoms with Crippen LogP contribution in [0.2, 0.25) is 0 Å². The Morgan fingerprint density at radius 2 is 1.52 bits per heavy atom. The topological polar surface area (TPSA) is 47.6 Å². The largest absolute Gasteiger partial charge is 0.497 e. The number of anilines is 1. The predicted octanol–water partition coefficient (Wildman–Crippen LogP) is 4.03. The molecule has 23 heavy (non-hydrogen) atoms. The van der Waals surface area contributed by atoms with Crippen molar-refractivity contribution in [3.05, 3.63) is 53.1 Å². The van der Waals surface area contributed by atoms with E-state index in [9.17, 15) is 4.79 Å². The van der Waals surface area contributed by atoms with E-state index in [2.05, 4.69) is 17.4 Å². The fraction of sp³-hybridized carbons (Fsp3) is 0.316. The van der Waals surface area contributed by atoms with Crippen LogP contribution >= 0.6 is 0 Å². The van der Waals surface area contributed by atoms with Crippen molar-refractivity contribution in [1.82, 2.24) is 0 Å². The molecule has 0 heterocycles. The Labute approximate surface area is 137 Å². The van der Waals surface area contributed by atoms with Gasteiger partial charge in [-0.05, 0) is 63.1 Å². The number of benzene rings is 2. The molecule has 2 rings (SSSR count). The summed E-state index contributed by atoms with van der Waals surface area (Å²) < 4.78 is 10.8. The summed E-state index contributed by atoms with van der Waals surface area (Å²) in [5.74, 6) is 1.21. The molecule has 0 spiro atoms. The number of ether oxygens (including phenoxy) is 2. The quantitative estimate of drug-likeness (QED) is 0.906. The molecule has 1 N–H and O–H groups in total. The molecule has 122 valence electrons. The number of hydrogen-bond acceptors (Lipinski definition) is 3. The lowest BCUT2D eigenvalue weighted by atomic mass is 10.0. The molecule has 0 saturated heterocycles. The van der Waals surface area contributed by atoms with E-state index in [-0.39, 0.29) is 5.91 Å². The number of hydrogen-bond donors (Lipinski definition) is 1. The van der Waals surface area contributed by atoms with Crippen LogP contribution in [-0.4, -0.2) is 19.1 Å². The summed E-state index contributed by atoms with van der Waals surface area (Å²) in [4.78, 5) is 12.4. The van der Waals surface area contributed by atoms with Gasteiger partial charge in [0.1, 0.15) is 11.5 Å². The van der Waals surface area contributed by atoms with E-state index in [1.165, 1.54) is 5.56 Å². The van der Waals surface area contributed by atoms with Crippen LogP contribution < -0.4 is 14.8 Å². The minimum atomic E-state index is -0.594.